The molecule has 0 spiro atoms. The number of fused-ring (bicyclic) bond motifs is 7. The van der Waals surface area contributed by atoms with E-state index < -0.39 is 5.41 Å². The van der Waals surface area contributed by atoms with Crippen LogP contribution in [0.15, 0.2) is 121 Å². The summed E-state index contributed by atoms with van der Waals surface area (Å²) in [6, 6.07) is 46.5. The molecular formula is C47H44N2. The Hall–Kier alpha value is -5.08. The van der Waals surface area contributed by atoms with Crippen LogP contribution in [0.1, 0.15) is 83.3 Å². The summed E-state index contributed by atoms with van der Waals surface area (Å²) in [6.07, 6.45) is 0. The monoisotopic (exact) mass is 636 g/mol. The molecule has 2 aliphatic heterocycles. The van der Waals surface area contributed by atoms with Crippen LogP contribution in [0, 0.1) is 13.8 Å². The smallest absolute Gasteiger partial charge is 0.0715 e. The van der Waals surface area contributed by atoms with Crippen molar-refractivity contribution in [2.75, 3.05) is 23.9 Å². The van der Waals surface area contributed by atoms with Crippen molar-refractivity contribution in [3.8, 4) is 11.1 Å². The van der Waals surface area contributed by atoms with Gasteiger partial charge in [0.2, 0.25) is 0 Å². The van der Waals surface area contributed by atoms with Gasteiger partial charge in [-0.3, -0.25) is 0 Å². The molecule has 0 saturated carbocycles. The van der Waals surface area contributed by atoms with Gasteiger partial charge in [0.15, 0.2) is 0 Å². The molecular weight excluding hydrogens is 593 g/mol. The number of rotatable bonds is 2. The molecule has 0 N–H and O–H groups in total. The van der Waals surface area contributed by atoms with Crippen LogP contribution in [-0.4, -0.2) is 14.1 Å². The quantitative estimate of drug-likeness (QED) is 0.186. The second kappa shape index (κ2) is 9.98. The number of nitrogens with zero attached hydrogens (tertiary/aromatic N) is 2. The Bertz CT molecular complexity index is 2160. The van der Waals surface area contributed by atoms with Crippen LogP contribution in [0.5, 0.6) is 0 Å². The van der Waals surface area contributed by atoms with E-state index in [4.69, 9.17) is 0 Å². The van der Waals surface area contributed by atoms with Crippen molar-refractivity contribution in [2.45, 2.75) is 57.8 Å². The molecule has 6 aromatic rings. The highest BCUT2D eigenvalue weighted by Gasteiger charge is 2.50. The van der Waals surface area contributed by atoms with E-state index in [1.54, 1.807) is 0 Å². The van der Waals surface area contributed by atoms with Gasteiger partial charge in [0.25, 0.3) is 0 Å². The first kappa shape index (κ1) is 30.0. The Morgan fingerprint density at radius 3 is 1.14 bits per heavy atom. The standard InChI is InChI=1S/C47H44N2/c1-29-19-21-41-37(23-29)45(3,4)39-25-33-34-26-40-44(49(8)42-22-20-30(2)24-38(42)46(40,5)6)28-36(34)47(31-15-11-9-12-16-31,32-17-13-10-14-18-32)35(33)27-43(39)48(41)7/h9-28H,1-8H3. The molecule has 0 bridgehead atoms. The van der Waals surface area contributed by atoms with Gasteiger partial charge in [-0.2, -0.15) is 0 Å². The van der Waals surface area contributed by atoms with Crippen LogP contribution in [-0.2, 0) is 16.2 Å². The first-order valence-corrected chi connectivity index (χ1v) is 17.6. The van der Waals surface area contributed by atoms with Gasteiger partial charge in [0.05, 0.1) is 5.41 Å². The lowest BCUT2D eigenvalue weighted by Crippen LogP contribution is -2.33. The van der Waals surface area contributed by atoms with Gasteiger partial charge in [-0.1, -0.05) is 124 Å². The van der Waals surface area contributed by atoms with Crippen LogP contribution in [0.4, 0.5) is 22.7 Å². The molecule has 0 radical (unpaired) electrons. The fourth-order valence-electron chi connectivity index (χ4n) is 9.54. The highest BCUT2D eigenvalue weighted by Crippen LogP contribution is 2.62. The first-order chi connectivity index (χ1) is 23.5. The van der Waals surface area contributed by atoms with E-state index in [0.717, 1.165) is 0 Å². The molecule has 242 valence electrons. The van der Waals surface area contributed by atoms with Crippen LogP contribution in [0.3, 0.4) is 0 Å². The number of benzene rings is 6. The van der Waals surface area contributed by atoms with Gasteiger partial charge in [-0.05, 0) is 106 Å². The van der Waals surface area contributed by atoms with E-state index in [-0.39, 0.29) is 10.8 Å². The van der Waals surface area contributed by atoms with Crippen molar-refractivity contribution in [2.24, 2.45) is 0 Å². The zero-order valence-corrected chi connectivity index (χ0v) is 29.9. The van der Waals surface area contributed by atoms with Gasteiger partial charge >= 0.3 is 0 Å². The highest BCUT2D eigenvalue weighted by molar-refractivity contribution is 5.94. The summed E-state index contributed by atoms with van der Waals surface area (Å²) in [4.78, 5) is 4.86. The van der Waals surface area contributed by atoms with E-state index in [0.29, 0.717) is 0 Å². The largest absolute Gasteiger partial charge is 0.344 e. The Morgan fingerprint density at radius 1 is 0.388 bits per heavy atom. The van der Waals surface area contributed by atoms with Gasteiger partial charge < -0.3 is 9.80 Å². The maximum Gasteiger partial charge on any atom is 0.0715 e. The van der Waals surface area contributed by atoms with Crippen molar-refractivity contribution in [3.63, 3.8) is 0 Å². The maximum absolute atomic E-state index is 2.56. The molecule has 0 fully saturated rings. The summed E-state index contributed by atoms with van der Waals surface area (Å²) in [5.41, 5.74) is 20.5. The molecule has 9 rings (SSSR count). The van der Waals surface area contributed by atoms with Gasteiger partial charge in [0.1, 0.15) is 0 Å². The summed E-state index contributed by atoms with van der Waals surface area (Å²) in [6.45, 7) is 14.0. The molecule has 0 atom stereocenters. The lowest BCUT2D eigenvalue weighted by atomic mass is 9.66. The molecule has 0 saturated heterocycles. The summed E-state index contributed by atoms with van der Waals surface area (Å²) >= 11 is 0. The molecule has 3 aliphatic rings. The van der Waals surface area contributed by atoms with Crippen LogP contribution >= 0.6 is 0 Å². The molecule has 0 amide bonds. The number of hydrogen-bond acceptors (Lipinski definition) is 2. The third kappa shape index (κ3) is 3.83. The van der Waals surface area contributed by atoms with Gasteiger partial charge in [0, 0.05) is 47.7 Å². The molecule has 2 heteroatoms. The van der Waals surface area contributed by atoms with Crippen molar-refractivity contribution in [1.29, 1.82) is 0 Å². The lowest BCUT2D eigenvalue weighted by Gasteiger charge is -2.42. The number of aryl methyl sites for hydroxylation is 2. The Labute approximate surface area is 291 Å². The zero-order chi connectivity index (χ0) is 34.0. The normalized spacial score (nSPS) is 17.0. The molecule has 0 aromatic heterocycles. The number of hydrogen-bond donors (Lipinski definition) is 0. The van der Waals surface area contributed by atoms with Gasteiger partial charge in [-0.15, -0.1) is 0 Å². The van der Waals surface area contributed by atoms with E-state index in [1.807, 2.05) is 0 Å². The van der Waals surface area contributed by atoms with Crippen molar-refractivity contribution in [1.82, 2.24) is 0 Å². The second-order valence-corrected chi connectivity index (χ2v) is 15.7. The van der Waals surface area contributed by atoms with Crippen molar-refractivity contribution >= 4 is 22.7 Å². The Balaban J connectivity index is 1.42. The Kier molecular flexibility index (Phi) is 6.11. The van der Waals surface area contributed by atoms with E-state index in [1.165, 1.54) is 89.5 Å². The highest BCUT2D eigenvalue weighted by atomic mass is 15.1. The minimum absolute atomic E-state index is 0.159. The second-order valence-electron chi connectivity index (χ2n) is 15.7. The Morgan fingerprint density at radius 2 is 0.755 bits per heavy atom. The fourth-order valence-corrected chi connectivity index (χ4v) is 9.54. The molecule has 0 unspecified atom stereocenters. The summed E-state index contributed by atoms with van der Waals surface area (Å²) in [5, 5.41) is 0. The molecule has 6 aromatic carbocycles. The maximum atomic E-state index is 2.56. The molecule has 49 heavy (non-hydrogen) atoms. The SMILES string of the molecule is Cc1ccc2c(c1)C(C)(C)c1cc3c(cc1N2C)C(c1ccccc1)(c1ccccc1)c1cc2c(cc1-3)C(C)(C)c1cc(C)ccc1N2C. The topological polar surface area (TPSA) is 6.48 Å². The van der Waals surface area contributed by atoms with Gasteiger partial charge in [-0.25, -0.2) is 0 Å². The van der Waals surface area contributed by atoms with Crippen LogP contribution < -0.4 is 9.80 Å². The lowest BCUT2D eigenvalue weighted by molar-refractivity contribution is 0.628. The number of anilines is 4. The summed E-state index contributed by atoms with van der Waals surface area (Å²) in [5.74, 6) is 0. The molecule has 2 heterocycles. The fraction of sp³-hybridized carbons (Fsp3) is 0.234. The third-order valence-corrected chi connectivity index (χ3v) is 12.2. The zero-order valence-electron chi connectivity index (χ0n) is 29.9. The predicted molar refractivity (Wildman–Crippen MR) is 206 cm³/mol. The average Bonchev–Trinajstić information content (AvgIpc) is 3.39. The minimum atomic E-state index is -0.492. The van der Waals surface area contributed by atoms with Crippen LogP contribution in [0.25, 0.3) is 11.1 Å². The third-order valence-electron chi connectivity index (χ3n) is 12.2. The predicted octanol–water partition coefficient (Wildman–Crippen LogP) is 11.5. The average molecular weight is 637 g/mol. The first-order valence-electron chi connectivity index (χ1n) is 17.6. The molecule has 1 aliphatic carbocycles. The summed E-state index contributed by atoms with van der Waals surface area (Å²) < 4.78 is 0. The van der Waals surface area contributed by atoms with E-state index in [9.17, 15) is 0 Å². The molecule has 2 nitrogen and oxygen atoms in total. The van der Waals surface area contributed by atoms with Crippen molar-refractivity contribution < 1.29 is 0 Å². The van der Waals surface area contributed by atoms with Crippen LogP contribution in [0.2, 0.25) is 0 Å². The van der Waals surface area contributed by atoms with Crippen molar-refractivity contribution in [3.05, 3.63) is 177 Å². The minimum Gasteiger partial charge on any atom is -0.344 e. The van der Waals surface area contributed by atoms with E-state index in [2.05, 4.69) is 187 Å². The summed E-state index contributed by atoms with van der Waals surface area (Å²) in [7, 11) is 4.50. The van der Waals surface area contributed by atoms with E-state index >= 15 is 0 Å².